The number of carboxylic acids is 1. The lowest BCUT2D eigenvalue weighted by atomic mass is 10.1. The molecule has 0 aliphatic rings. The summed E-state index contributed by atoms with van der Waals surface area (Å²) in [6, 6.07) is -0.745. The first-order chi connectivity index (χ1) is 30.6. The zero-order chi connectivity index (χ0) is 46.3. The van der Waals surface area contributed by atoms with E-state index in [4.69, 9.17) is 14.2 Å². The van der Waals surface area contributed by atoms with Gasteiger partial charge in [0.2, 0.25) is 0 Å². The van der Waals surface area contributed by atoms with E-state index in [1.165, 1.54) is 6.42 Å². The number of likely N-dealkylation sites (N-methyl/N-ethyl adjacent to an activating group) is 1. The molecule has 0 aromatic heterocycles. The van der Waals surface area contributed by atoms with Gasteiger partial charge in [0, 0.05) is 19.3 Å². The Balaban J connectivity index is 4.43. The highest BCUT2D eigenvalue weighted by Crippen LogP contribution is 2.12. The third kappa shape index (κ3) is 42.8. The molecule has 0 aromatic rings. The van der Waals surface area contributed by atoms with E-state index in [0.717, 1.165) is 109 Å². The topological polar surface area (TPSA) is 102 Å². The van der Waals surface area contributed by atoms with Crippen molar-refractivity contribution in [3.8, 4) is 0 Å². The molecule has 2 unspecified atom stereocenters. The van der Waals surface area contributed by atoms with E-state index in [1.54, 1.807) is 21.1 Å². The van der Waals surface area contributed by atoms with Crippen molar-refractivity contribution in [1.29, 1.82) is 0 Å². The highest BCUT2D eigenvalue weighted by Gasteiger charge is 2.25. The molecule has 0 bridgehead atoms. The van der Waals surface area contributed by atoms with Gasteiger partial charge in [0.1, 0.15) is 12.6 Å². The van der Waals surface area contributed by atoms with Crippen molar-refractivity contribution >= 4 is 17.9 Å². The average Bonchev–Trinajstić information content (AvgIpc) is 3.24. The van der Waals surface area contributed by atoms with Crippen LogP contribution in [0.5, 0.6) is 0 Å². The molecule has 0 aliphatic heterocycles. The number of quaternary nitrogens is 1. The second-order valence-electron chi connectivity index (χ2n) is 16.6. The number of hydrogen-bond acceptors (Lipinski definition) is 7. The van der Waals surface area contributed by atoms with Crippen molar-refractivity contribution in [3.63, 3.8) is 0 Å². The number of hydrogen-bond donors (Lipinski definition) is 0. The number of nitrogens with zero attached hydrogens (tertiary/aromatic N) is 1. The van der Waals surface area contributed by atoms with E-state index in [9.17, 15) is 19.5 Å². The summed E-state index contributed by atoms with van der Waals surface area (Å²) in [7, 11) is 5.37. The zero-order valence-corrected chi connectivity index (χ0v) is 40.2. The van der Waals surface area contributed by atoms with E-state index in [0.29, 0.717) is 6.42 Å². The number of carbonyl (C=O) groups is 3. The first-order valence-electron chi connectivity index (χ1n) is 24.1. The molecule has 8 nitrogen and oxygen atoms in total. The standard InChI is InChI=1S/C55H87NO7/c1-6-8-10-12-14-16-18-20-22-24-25-26-27-28-30-32-34-36-38-40-42-44-46-54(58)63-51(49-61-48-47-52(55(59)60)56(3,4)5)50-62-53(57)45-43-41-39-37-35-33-31-29-23-21-19-17-15-13-11-9-7-2/h8-11,14-17,20-23,25-26,28,30-31,33,37,39,51-52H,6-7,12-13,18-19,24,27,29,32,34-36,38,40-50H2,1-5H3/b10-8+,11-9+,16-14+,17-15+,22-20+,23-21+,26-25+,30-28+,33-31+,39-37+. The van der Waals surface area contributed by atoms with Gasteiger partial charge >= 0.3 is 11.9 Å². The third-order valence-corrected chi connectivity index (χ3v) is 9.84. The molecule has 63 heavy (non-hydrogen) atoms. The highest BCUT2D eigenvalue weighted by molar-refractivity contribution is 5.70. The number of aliphatic carboxylic acids is 1. The predicted molar refractivity (Wildman–Crippen MR) is 263 cm³/mol. The minimum Gasteiger partial charge on any atom is -0.544 e. The zero-order valence-electron chi connectivity index (χ0n) is 40.2. The number of allylic oxidation sites excluding steroid dienone is 20. The summed E-state index contributed by atoms with van der Waals surface area (Å²) in [5.74, 6) is -1.85. The first-order valence-corrected chi connectivity index (χ1v) is 24.1. The summed E-state index contributed by atoms with van der Waals surface area (Å²) in [5.41, 5.74) is 0. The molecule has 0 saturated heterocycles. The smallest absolute Gasteiger partial charge is 0.306 e. The lowest BCUT2D eigenvalue weighted by Crippen LogP contribution is -2.55. The second kappa shape index (κ2) is 44.3. The Hall–Kier alpha value is -4.27. The fourth-order valence-corrected chi connectivity index (χ4v) is 6.19. The van der Waals surface area contributed by atoms with Crippen LogP contribution >= 0.6 is 0 Å². The average molecular weight is 874 g/mol. The van der Waals surface area contributed by atoms with E-state index in [1.807, 2.05) is 0 Å². The van der Waals surface area contributed by atoms with Crippen LogP contribution in [0.2, 0.25) is 0 Å². The Morgan fingerprint density at radius 1 is 0.476 bits per heavy atom. The van der Waals surface area contributed by atoms with Gasteiger partial charge in [-0.3, -0.25) is 9.59 Å². The van der Waals surface area contributed by atoms with Crippen LogP contribution in [-0.4, -0.2) is 75.5 Å². The molecule has 0 aromatic carbocycles. The number of ether oxygens (including phenoxy) is 3. The molecule has 8 heteroatoms. The van der Waals surface area contributed by atoms with Crippen LogP contribution in [0.1, 0.15) is 155 Å². The SMILES string of the molecule is CC/C=C/C/C=C/C/C=C/C/C=C/C/C=C/CCCCCCCCC(=O)OC(COCCC(C(=O)[O-])[N+](C)(C)C)COC(=O)CCC/C=C/C/C=C/C/C=C/C/C=C/C/C=C/CC. The summed E-state index contributed by atoms with van der Waals surface area (Å²) in [4.78, 5) is 37.0. The van der Waals surface area contributed by atoms with Gasteiger partial charge in [-0.05, 0) is 96.3 Å². The van der Waals surface area contributed by atoms with Gasteiger partial charge in [-0.1, -0.05) is 161 Å². The molecule has 2 atom stereocenters. The molecule has 0 heterocycles. The van der Waals surface area contributed by atoms with Gasteiger partial charge < -0.3 is 28.6 Å². The summed E-state index contributed by atoms with van der Waals surface area (Å²) < 4.78 is 17.1. The molecule has 0 amide bonds. The molecule has 354 valence electrons. The van der Waals surface area contributed by atoms with Crippen LogP contribution in [0.15, 0.2) is 122 Å². The van der Waals surface area contributed by atoms with E-state index in [-0.39, 0.29) is 55.5 Å². The molecule has 0 saturated carbocycles. The fraction of sp³-hybridized carbons (Fsp3) is 0.582. The number of esters is 2. The number of rotatable bonds is 41. The second-order valence-corrected chi connectivity index (χ2v) is 16.6. The molecule has 0 rings (SSSR count). The molecule has 0 N–H and O–H groups in total. The van der Waals surface area contributed by atoms with E-state index in [2.05, 4.69) is 135 Å². The summed E-state index contributed by atoms with van der Waals surface area (Å²) in [6.07, 6.45) is 62.3. The van der Waals surface area contributed by atoms with Crippen LogP contribution in [0, 0.1) is 0 Å². The highest BCUT2D eigenvalue weighted by atomic mass is 16.6. The minimum atomic E-state index is -1.14. The van der Waals surface area contributed by atoms with Gasteiger partial charge in [0.05, 0.1) is 40.3 Å². The number of carboxylic acid groups (broad SMARTS) is 1. The molecule has 0 spiro atoms. The summed E-state index contributed by atoms with van der Waals surface area (Å²) in [6.45, 7) is 4.33. The Kier molecular flexibility index (Phi) is 41.3. The van der Waals surface area contributed by atoms with Gasteiger partial charge in [-0.2, -0.15) is 0 Å². The quantitative estimate of drug-likeness (QED) is 0.0261. The minimum absolute atomic E-state index is 0.00779. The Labute approximate surface area is 384 Å². The van der Waals surface area contributed by atoms with Crippen molar-refractivity contribution in [2.45, 2.75) is 167 Å². The number of unbranched alkanes of at least 4 members (excludes halogenated alkanes) is 7. The Morgan fingerprint density at radius 2 is 0.857 bits per heavy atom. The van der Waals surface area contributed by atoms with Gasteiger partial charge in [-0.15, -0.1) is 0 Å². The number of carbonyl (C=O) groups excluding carboxylic acids is 3. The molecule has 0 radical (unpaired) electrons. The molecular formula is C55H87NO7. The fourth-order valence-electron chi connectivity index (χ4n) is 6.19. The predicted octanol–water partition coefficient (Wildman–Crippen LogP) is 12.5. The molecule has 0 fully saturated rings. The largest absolute Gasteiger partial charge is 0.544 e. The van der Waals surface area contributed by atoms with E-state index < -0.39 is 18.1 Å². The summed E-state index contributed by atoms with van der Waals surface area (Å²) in [5, 5.41) is 11.7. The van der Waals surface area contributed by atoms with Crippen LogP contribution in [0.3, 0.4) is 0 Å². The Morgan fingerprint density at radius 3 is 1.29 bits per heavy atom. The van der Waals surface area contributed by atoms with Gasteiger partial charge in [0.15, 0.2) is 6.10 Å². The van der Waals surface area contributed by atoms with Crippen molar-refractivity contribution in [3.05, 3.63) is 122 Å². The van der Waals surface area contributed by atoms with Crippen LogP contribution < -0.4 is 5.11 Å². The normalized spacial score (nSPS) is 14.0. The van der Waals surface area contributed by atoms with Crippen molar-refractivity contribution in [1.82, 2.24) is 0 Å². The maximum Gasteiger partial charge on any atom is 0.306 e. The third-order valence-electron chi connectivity index (χ3n) is 9.84. The summed E-state index contributed by atoms with van der Waals surface area (Å²) >= 11 is 0. The van der Waals surface area contributed by atoms with Crippen molar-refractivity contribution in [2.24, 2.45) is 0 Å². The van der Waals surface area contributed by atoms with Crippen molar-refractivity contribution in [2.75, 3.05) is 41.0 Å². The molecule has 0 aliphatic carbocycles. The van der Waals surface area contributed by atoms with Gasteiger partial charge in [-0.25, -0.2) is 0 Å². The van der Waals surface area contributed by atoms with Crippen LogP contribution in [0.4, 0.5) is 0 Å². The molecular weight excluding hydrogens is 787 g/mol. The maximum absolute atomic E-state index is 12.8. The van der Waals surface area contributed by atoms with Crippen LogP contribution in [-0.2, 0) is 28.6 Å². The first kappa shape index (κ1) is 58.7. The maximum atomic E-state index is 12.8. The van der Waals surface area contributed by atoms with Crippen molar-refractivity contribution < 1.29 is 38.2 Å². The lowest BCUT2D eigenvalue weighted by Gasteiger charge is -2.34. The van der Waals surface area contributed by atoms with Gasteiger partial charge in [0.25, 0.3) is 0 Å². The Bertz CT molecular complexity index is 1440. The van der Waals surface area contributed by atoms with E-state index >= 15 is 0 Å². The van der Waals surface area contributed by atoms with Crippen LogP contribution in [0.25, 0.3) is 0 Å². The monoisotopic (exact) mass is 874 g/mol. The lowest BCUT2D eigenvalue weighted by molar-refractivity contribution is -0.889.